The zero-order valence-corrected chi connectivity index (χ0v) is 17.6. The minimum absolute atomic E-state index is 0. The van der Waals surface area contributed by atoms with E-state index in [2.05, 4.69) is 22.3 Å². The normalized spacial score (nSPS) is 23.6. The molecular formula is C19H30ClN3O3S. The van der Waals surface area contributed by atoms with E-state index < -0.39 is 10.0 Å². The molecule has 3 N–H and O–H groups in total. The molecule has 1 saturated heterocycles. The molecule has 27 heavy (non-hydrogen) atoms. The second-order valence-corrected chi connectivity index (χ2v) is 9.32. The van der Waals surface area contributed by atoms with Gasteiger partial charge in [0.25, 0.3) is 5.91 Å². The van der Waals surface area contributed by atoms with Crippen molar-refractivity contribution in [1.29, 1.82) is 0 Å². The minimum Gasteiger partial charge on any atom is -0.349 e. The van der Waals surface area contributed by atoms with Gasteiger partial charge in [-0.05, 0) is 63.8 Å². The second kappa shape index (κ2) is 9.37. The fourth-order valence-electron chi connectivity index (χ4n) is 3.89. The molecular weight excluding hydrogens is 386 g/mol. The molecule has 2 unspecified atom stereocenters. The maximum absolute atomic E-state index is 12.8. The fourth-order valence-corrected chi connectivity index (χ4v) is 5.46. The largest absolute Gasteiger partial charge is 0.349 e. The van der Waals surface area contributed by atoms with Gasteiger partial charge in [0.1, 0.15) is 0 Å². The predicted octanol–water partition coefficient (Wildman–Crippen LogP) is 2.51. The van der Waals surface area contributed by atoms with Gasteiger partial charge >= 0.3 is 0 Å². The number of halogens is 1. The van der Waals surface area contributed by atoms with Gasteiger partial charge in [0.2, 0.25) is 10.0 Å². The molecule has 0 bridgehead atoms. The molecule has 2 aliphatic rings. The molecule has 1 aliphatic carbocycles. The van der Waals surface area contributed by atoms with E-state index in [9.17, 15) is 13.2 Å². The van der Waals surface area contributed by atoms with Crippen LogP contribution in [0.15, 0.2) is 23.1 Å². The number of nitrogens with one attached hydrogen (secondary N) is 3. The van der Waals surface area contributed by atoms with E-state index in [-0.39, 0.29) is 35.3 Å². The third kappa shape index (κ3) is 5.67. The summed E-state index contributed by atoms with van der Waals surface area (Å²) in [5, 5.41) is 6.40. The minimum atomic E-state index is -3.61. The van der Waals surface area contributed by atoms with Crippen molar-refractivity contribution >= 4 is 28.3 Å². The summed E-state index contributed by atoms with van der Waals surface area (Å²) in [6.07, 6.45) is 5.65. The van der Waals surface area contributed by atoms with Crippen LogP contribution in [0.1, 0.15) is 61.4 Å². The molecule has 1 aromatic rings. The SMILES string of the molecule is Cc1ccc(C(=O)NC2CCNC(C)C2)cc1S(=O)(=O)NC1CCCC1.Cl. The Morgan fingerprint density at radius 1 is 1.15 bits per heavy atom. The maximum atomic E-state index is 12.8. The summed E-state index contributed by atoms with van der Waals surface area (Å²) in [7, 11) is -3.61. The van der Waals surface area contributed by atoms with Crippen molar-refractivity contribution in [1.82, 2.24) is 15.4 Å². The second-order valence-electron chi connectivity index (χ2n) is 7.63. The van der Waals surface area contributed by atoms with E-state index >= 15 is 0 Å². The van der Waals surface area contributed by atoms with Crippen LogP contribution in [-0.4, -0.2) is 39.0 Å². The van der Waals surface area contributed by atoms with Crippen LogP contribution in [0.25, 0.3) is 0 Å². The lowest BCUT2D eigenvalue weighted by Gasteiger charge is -2.28. The first-order valence-electron chi connectivity index (χ1n) is 9.52. The molecule has 1 aliphatic heterocycles. The Balaban J connectivity index is 0.00000261. The average molecular weight is 416 g/mol. The third-order valence-corrected chi connectivity index (χ3v) is 7.04. The molecule has 6 nitrogen and oxygen atoms in total. The number of hydrogen-bond acceptors (Lipinski definition) is 4. The Morgan fingerprint density at radius 3 is 2.52 bits per heavy atom. The quantitative estimate of drug-likeness (QED) is 0.689. The number of hydrogen-bond donors (Lipinski definition) is 3. The van der Waals surface area contributed by atoms with Crippen LogP contribution in [0, 0.1) is 6.92 Å². The Kier molecular flexibility index (Phi) is 7.68. The lowest BCUT2D eigenvalue weighted by Crippen LogP contribution is -2.46. The topological polar surface area (TPSA) is 87.3 Å². The number of amides is 1. The monoisotopic (exact) mass is 415 g/mol. The Labute approximate surface area is 168 Å². The van der Waals surface area contributed by atoms with E-state index in [0.717, 1.165) is 45.1 Å². The van der Waals surface area contributed by atoms with E-state index in [1.54, 1.807) is 19.1 Å². The molecule has 8 heteroatoms. The van der Waals surface area contributed by atoms with Crippen molar-refractivity contribution in [3.63, 3.8) is 0 Å². The summed E-state index contributed by atoms with van der Waals surface area (Å²) in [4.78, 5) is 12.8. The summed E-state index contributed by atoms with van der Waals surface area (Å²) >= 11 is 0. The van der Waals surface area contributed by atoms with Gasteiger partial charge in [0.15, 0.2) is 0 Å². The van der Waals surface area contributed by atoms with E-state index in [1.807, 2.05) is 0 Å². The van der Waals surface area contributed by atoms with Crippen molar-refractivity contribution < 1.29 is 13.2 Å². The summed E-state index contributed by atoms with van der Waals surface area (Å²) < 4.78 is 28.3. The highest BCUT2D eigenvalue weighted by atomic mass is 35.5. The molecule has 1 saturated carbocycles. The van der Waals surface area contributed by atoms with Crippen LogP contribution >= 0.6 is 12.4 Å². The van der Waals surface area contributed by atoms with E-state index in [1.165, 1.54) is 6.07 Å². The standard InChI is InChI=1S/C19H29N3O3S.ClH/c1-13-7-8-15(19(23)21-17-9-10-20-14(2)11-17)12-18(13)26(24,25)22-16-5-3-4-6-16;/h7-8,12,14,16-17,20,22H,3-6,9-11H2,1-2H3,(H,21,23);1H. The van der Waals surface area contributed by atoms with Gasteiger partial charge in [-0.25, -0.2) is 13.1 Å². The first-order valence-corrected chi connectivity index (χ1v) is 11.0. The molecule has 1 amide bonds. The van der Waals surface area contributed by atoms with Gasteiger partial charge in [0, 0.05) is 23.7 Å². The van der Waals surface area contributed by atoms with Crippen molar-refractivity contribution in [2.24, 2.45) is 0 Å². The lowest BCUT2D eigenvalue weighted by atomic mass is 10.00. The smallest absolute Gasteiger partial charge is 0.251 e. The summed E-state index contributed by atoms with van der Waals surface area (Å²) in [6.45, 7) is 4.74. The van der Waals surface area contributed by atoms with Crippen LogP contribution in [0.4, 0.5) is 0 Å². The predicted molar refractivity (Wildman–Crippen MR) is 109 cm³/mol. The Hall–Kier alpha value is -1.15. The van der Waals surface area contributed by atoms with Crippen LogP contribution < -0.4 is 15.4 Å². The van der Waals surface area contributed by atoms with Crippen molar-refractivity contribution in [3.05, 3.63) is 29.3 Å². The summed E-state index contributed by atoms with van der Waals surface area (Å²) in [5.74, 6) is -0.207. The van der Waals surface area contributed by atoms with Gasteiger partial charge in [-0.15, -0.1) is 12.4 Å². The number of aryl methyl sites for hydroxylation is 1. The first kappa shape index (κ1) is 22.1. The van der Waals surface area contributed by atoms with Gasteiger partial charge in [-0.3, -0.25) is 4.79 Å². The van der Waals surface area contributed by atoms with Crippen LogP contribution in [0.5, 0.6) is 0 Å². The molecule has 2 atom stereocenters. The zero-order chi connectivity index (χ0) is 18.7. The van der Waals surface area contributed by atoms with Gasteiger partial charge < -0.3 is 10.6 Å². The summed E-state index contributed by atoms with van der Waals surface area (Å²) in [5.41, 5.74) is 1.05. The number of carbonyl (C=O) groups is 1. The number of benzene rings is 1. The highest BCUT2D eigenvalue weighted by molar-refractivity contribution is 7.89. The van der Waals surface area contributed by atoms with Crippen LogP contribution in [0.3, 0.4) is 0 Å². The fraction of sp³-hybridized carbons (Fsp3) is 0.632. The van der Waals surface area contributed by atoms with Crippen molar-refractivity contribution in [3.8, 4) is 0 Å². The van der Waals surface area contributed by atoms with Crippen molar-refractivity contribution in [2.45, 2.75) is 75.4 Å². The third-order valence-electron chi connectivity index (χ3n) is 5.38. The molecule has 0 aromatic heterocycles. The van der Waals surface area contributed by atoms with E-state index in [0.29, 0.717) is 17.2 Å². The lowest BCUT2D eigenvalue weighted by molar-refractivity contribution is 0.0925. The molecule has 1 aromatic carbocycles. The molecule has 0 spiro atoms. The molecule has 152 valence electrons. The molecule has 3 rings (SSSR count). The number of sulfonamides is 1. The highest BCUT2D eigenvalue weighted by Crippen LogP contribution is 2.23. The molecule has 0 radical (unpaired) electrons. The average Bonchev–Trinajstić information content (AvgIpc) is 3.07. The maximum Gasteiger partial charge on any atom is 0.251 e. The number of piperidine rings is 1. The van der Waals surface area contributed by atoms with Crippen LogP contribution in [0.2, 0.25) is 0 Å². The molecule has 2 fully saturated rings. The Bertz CT molecular complexity index is 763. The highest BCUT2D eigenvalue weighted by Gasteiger charge is 2.26. The van der Waals surface area contributed by atoms with Crippen molar-refractivity contribution in [2.75, 3.05) is 6.54 Å². The van der Waals surface area contributed by atoms with Gasteiger partial charge in [-0.2, -0.15) is 0 Å². The first-order chi connectivity index (χ1) is 12.3. The number of carbonyl (C=O) groups excluding carboxylic acids is 1. The number of rotatable bonds is 5. The molecule has 1 heterocycles. The van der Waals surface area contributed by atoms with Gasteiger partial charge in [-0.1, -0.05) is 18.9 Å². The summed E-state index contributed by atoms with van der Waals surface area (Å²) in [6, 6.07) is 5.42. The van der Waals surface area contributed by atoms with Gasteiger partial charge in [0.05, 0.1) is 4.90 Å². The van der Waals surface area contributed by atoms with E-state index in [4.69, 9.17) is 0 Å². The zero-order valence-electron chi connectivity index (χ0n) is 16.0. The van der Waals surface area contributed by atoms with Crippen LogP contribution in [-0.2, 0) is 10.0 Å². The Morgan fingerprint density at radius 2 is 1.85 bits per heavy atom.